The number of rotatable bonds is 10. The van der Waals surface area contributed by atoms with Gasteiger partial charge in [0.05, 0.1) is 25.4 Å². The first-order valence-corrected chi connectivity index (χ1v) is 17.7. The van der Waals surface area contributed by atoms with Gasteiger partial charge in [-0.15, -0.1) is 0 Å². The van der Waals surface area contributed by atoms with E-state index in [1.807, 2.05) is 53.7 Å². The minimum absolute atomic E-state index is 0.0458. The van der Waals surface area contributed by atoms with Crippen LogP contribution in [0.15, 0.2) is 59.4 Å². The first kappa shape index (κ1) is 43.9. The van der Waals surface area contributed by atoms with Gasteiger partial charge in [-0.25, -0.2) is 14.4 Å². The van der Waals surface area contributed by atoms with Crippen LogP contribution < -0.4 is 0 Å². The molecule has 2 aliphatic rings. The van der Waals surface area contributed by atoms with E-state index in [1.54, 1.807) is 32.9 Å². The summed E-state index contributed by atoms with van der Waals surface area (Å²) >= 11 is 0. The molecule has 0 amide bonds. The molecule has 12 atom stereocenters. The van der Waals surface area contributed by atoms with Crippen molar-refractivity contribution >= 4 is 17.9 Å². The van der Waals surface area contributed by atoms with E-state index in [-0.39, 0.29) is 35.9 Å². The van der Waals surface area contributed by atoms with Crippen molar-refractivity contribution in [2.45, 2.75) is 118 Å². The van der Waals surface area contributed by atoms with Crippen molar-refractivity contribution in [3.05, 3.63) is 59.4 Å². The quantitative estimate of drug-likeness (QED) is 0.178. The van der Waals surface area contributed by atoms with E-state index < -0.39 is 72.2 Å². The van der Waals surface area contributed by atoms with Crippen LogP contribution in [0, 0.1) is 35.5 Å². The Bertz CT molecular complexity index is 1350. The number of esters is 2. The first-order chi connectivity index (χ1) is 23.8. The van der Waals surface area contributed by atoms with Crippen LogP contribution >= 0.6 is 0 Å². The molecule has 0 radical (unpaired) electrons. The second kappa shape index (κ2) is 19.5. The lowest BCUT2D eigenvalue weighted by molar-refractivity contribution is -0.329. The largest absolute Gasteiger partial charge is 0.490 e. The number of methoxy groups -OCH3 is 2. The van der Waals surface area contributed by atoms with Crippen molar-refractivity contribution in [2.75, 3.05) is 14.2 Å². The van der Waals surface area contributed by atoms with Gasteiger partial charge in [-0.2, -0.15) is 0 Å². The molecule has 12 unspecified atom stereocenters. The lowest BCUT2D eigenvalue weighted by Gasteiger charge is -2.50. The number of aliphatic hydroxyl groups is 3. The molecule has 0 aromatic heterocycles. The maximum Gasteiger partial charge on any atom is 0.373 e. The zero-order valence-electron chi connectivity index (χ0n) is 31.9. The van der Waals surface area contributed by atoms with Crippen LogP contribution in [0.5, 0.6) is 0 Å². The summed E-state index contributed by atoms with van der Waals surface area (Å²) in [5.41, 5.74) is 1.70. The van der Waals surface area contributed by atoms with Gasteiger partial charge in [0, 0.05) is 49.4 Å². The Kier molecular flexibility index (Phi) is 16.8. The average molecular weight is 721 g/mol. The van der Waals surface area contributed by atoms with Crippen molar-refractivity contribution in [3.8, 4) is 0 Å². The number of allylic oxidation sites excluding steroid dienone is 5. The fraction of sp³-hybridized carbons (Fsp3) is 0.667. The molecule has 1 saturated heterocycles. The van der Waals surface area contributed by atoms with Crippen molar-refractivity contribution in [2.24, 2.45) is 35.5 Å². The van der Waals surface area contributed by atoms with E-state index in [4.69, 9.17) is 28.8 Å². The predicted molar refractivity (Wildman–Crippen MR) is 191 cm³/mol. The molecule has 2 aliphatic heterocycles. The minimum Gasteiger partial charge on any atom is -0.490 e. The number of carbonyl (C=O) groups excluding carboxylic acids is 2. The molecule has 2 heterocycles. The van der Waals surface area contributed by atoms with E-state index in [2.05, 4.69) is 0 Å². The van der Waals surface area contributed by atoms with Crippen LogP contribution in [0.3, 0.4) is 0 Å². The van der Waals surface area contributed by atoms with E-state index in [0.717, 1.165) is 11.6 Å². The molecule has 0 aromatic carbocycles. The molecule has 12 nitrogen and oxygen atoms in total. The van der Waals surface area contributed by atoms with Gasteiger partial charge >= 0.3 is 17.9 Å². The molecule has 1 fully saturated rings. The summed E-state index contributed by atoms with van der Waals surface area (Å²) in [7, 11) is 2.80. The summed E-state index contributed by atoms with van der Waals surface area (Å²) in [4.78, 5) is 37.1. The second-order valence-corrected chi connectivity index (χ2v) is 14.6. The zero-order chi connectivity index (χ0) is 38.8. The highest BCUT2D eigenvalue weighted by atomic mass is 16.6. The molecule has 51 heavy (non-hydrogen) atoms. The number of cyclic esters (lactones) is 1. The first-order valence-electron chi connectivity index (χ1n) is 17.7. The van der Waals surface area contributed by atoms with Crippen LogP contribution in [0.4, 0.5) is 0 Å². The highest BCUT2D eigenvalue weighted by Gasteiger charge is 2.53. The van der Waals surface area contributed by atoms with E-state index >= 15 is 0 Å². The summed E-state index contributed by atoms with van der Waals surface area (Å²) in [5.74, 6) is -7.68. The third-order valence-corrected chi connectivity index (χ3v) is 10.1. The Morgan fingerprint density at radius 1 is 1.06 bits per heavy atom. The second-order valence-electron chi connectivity index (χ2n) is 14.6. The van der Waals surface area contributed by atoms with Gasteiger partial charge in [-0.05, 0) is 38.2 Å². The smallest absolute Gasteiger partial charge is 0.373 e. The Labute approximate surface area is 302 Å². The minimum atomic E-state index is -1.99. The molecule has 4 N–H and O–H groups in total. The van der Waals surface area contributed by atoms with E-state index in [9.17, 15) is 29.7 Å². The molecule has 0 aromatic rings. The summed E-state index contributed by atoms with van der Waals surface area (Å²) in [6.45, 7) is 16.5. The Morgan fingerprint density at radius 2 is 1.71 bits per heavy atom. The van der Waals surface area contributed by atoms with Crippen molar-refractivity contribution in [3.63, 3.8) is 0 Å². The van der Waals surface area contributed by atoms with E-state index in [0.29, 0.717) is 18.1 Å². The number of aliphatic hydroxyl groups excluding tert-OH is 2. The maximum absolute atomic E-state index is 13.6. The molecule has 0 bridgehead atoms. The Hall–Kier alpha value is -3.29. The SMILES string of the molecule is CO/C1=C\C(C)=C\C(C)C(O)C(C)C/C(C)=C/C=C/C(OC)C(C(C)C(O)C(C)C2(O)CC(OC(=O)/C=C/C(=O)O)C(C)C(C(C)C)O2)OC1=O. The molecular weight excluding hydrogens is 660 g/mol. The highest BCUT2D eigenvalue weighted by Crippen LogP contribution is 2.42. The molecular formula is C39H60O12. The summed E-state index contributed by atoms with van der Waals surface area (Å²) in [5, 5.41) is 43.8. The third-order valence-electron chi connectivity index (χ3n) is 10.1. The number of hydrogen-bond acceptors (Lipinski definition) is 11. The molecule has 12 heteroatoms. The Morgan fingerprint density at radius 3 is 2.27 bits per heavy atom. The fourth-order valence-electron chi connectivity index (χ4n) is 7.00. The third kappa shape index (κ3) is 12.1. The van der Waals surface area contributed by atoms with Gasteiger partial charge in [-0.1, -0.05) is 83.9 Å². The van der Waals surface area contributed by atoms with Crippen LogP contribution in [-0.4, -0.2) is 95.0 Å². The van der Waals surface area contributed by atoms with Crippen LogP contribution in [-0.2, 0) is 38.1 Å². The van der Waals surface area contributed by atoms with Gasteiger partial charge in [0.1, 0.15) is 18.3 Å². The Balaban J connectivity index is 2.55. The fourth-order valence-corrected chi connectivity index (χ4v) is 7.00. The molecule has 0 saturated carbocycles. The topological polar surface area (TPSA) is 178 Å². The number of hydrogen-bond donors (Lipinski definition) is 4. The number of carboxylic acids is 1. The van der Waals surface area contributed by atoms with Crippen molar-refractivity contribution in [1.29, 1.82) is 0 Å². The number of carbonyl (C=O) groups is 3. The van der Waals surface area contributed by atoms with Gasteiger partial charge in [0.2, 0.25) is 5.76 Å². The number of ether oxygens (including phenoxy) is 5. The predicted octanol–water partition coefficient (Wildman–Crippen LogP) is 4.88. The standard InChI is InChI=1S/C39H60O12/c1-21(2)36-26(7)31(49-33(42)16-15-32(40)41)20-39(46,51-36)28(9)35(44)27(8)37-29(47-10)14-12-13-22(3)17-24(5)34(43)25(6)18-23(4)19-30(48-11)38(45)50-37/h12-16,18-19,21,24-29,31,34-37,43-44,46H,17,20H2,1-11H3,(H,40,41)/b14-12+,16-15+,22-13+,23-18+,30-19-. The normalized spacial score (nSPS) is 37.1. The van der Waals surface area contributed by atoms with Crippen LogP contribution in [0.1, 0.15) is 75.2 Å². The van der Waals surface area contributed by atoms with Gasteiger partial charge in [0.15, 0.2) is 5.79 Å². The number of aliphatic carboxylic acids is 1. The lowest BCUT2D eigenvalue weighted by Crippen LogP contribution is -2.59. The zero-order valence-corrected chi connectivity index (χ0v) is 31.9. The average Bonchev–Trinajstić information content (AvgIpc) is 3.06. The molecule has 288 valence electrons. The maximum atomic E-state index is 13.6. The molecule has 0 aliphatic carbocycles. The highest BCUT2D eigenvalue weighted by molar-refractivity contribution is 5.90. The molecule has 2 rings (SSSR count). The van der Waals surface area contributed by atoms with Gasteiger partial charge < -0.3 is 44.1 Å². The van der Waals surface area contributed by atoms with Crippen LogP contribution in [0.25, 0.3) is 0 Å². The number of carboxylic acid groups (broad SMARTS) is 1. The van der Waals surface area contributed by atoms with Gasteiger partial charge in [0.25, 0.3) is 0 Å². The van der Waals surface area contributed by atoms with Crippen LogP contribution in [0.2, 0.25) is 0 Å². The van der Waals surface area contributed by atoms with E-state index in [1.165, 1.54) is 20.3 Å². The summed E-state index contributed by atoms with van der Waals surface area (Å²) in [6, 6.07) is 0. The molecule has 0 spiro atoms. The van der Waals surface area contributed by atoms with Crippen molar-refractivity contribution < 1.29 is 58.5 Å². The van der Waals surface area contributed by atoms with Gasteiger partial charge in [-0.3, -0.25) is 0 Å². The van der Waals surface area contributed by atoms with Crippen molar-refractivity contribution in [1.82, 2.24) is 0 Å². The monoisotopic (exact) mass is 720 g/mol. The lowest BCUT2D eigenvalue weighted by atomic mass is 9.76. The summed E-state index contributed by atoms with van der Waals surface area (Å²) < 4.78 is 29.1. The summed E-state index contributed by atoms with van der Waals surface area (Å²) in [6.07, 6.45) is 5.37.